The van der Waals surface area contributed by atoms with E-state index in [0.717, 1.165) is 25.0 Å². The molecule has 2 heterocycles. The van der Waals surface area contributed by atoms with Crippen LogP contribution in [0.5, 0.6) is 0 Å². The van der Waals surface area contributed by atoms with Crippen LogP contribution in [0.15, 0.2) is 18.2 Å². The maximum Gasteiger partial charge on any atom is 0.227 e. The topological polar surface area (TPSA) is 49.8 Å². The third-order valence-corrected chi connectivity index (χ3v) is 4.82. The normalized spacial score (nSPS) is 28.1. The highest BCUT2D eigenvalue weighted by atomic mass is 19.2. The molecule has 2 fully saturated rings. The number of hydrogen-bond donors (Lipinski definition) is 1. The molecule has 126 valence electrons. The average molecular weight is 325 g/mol. The fraction of sp³-hybridized carbons (Fsp3) is 0.588. The number of amides is 1. The summed E-state index contributed by atoms with van der Waals surface area (Å²) in [4.78, 5) is 14.3. The Hall–Kier alpha value is -1.53. The lowest BCUT2D eigenvalue weighted by molar-refractivity contribution is -0.135. The summed E-state index contributed by atoms with van der Waals surface area (Å²) in [6.07, 6.45) is 1.90. The van der Waals surface area contributed by atoms with Gasteiger partial charge in [-0.15, -0.1) is 0 Å². The van der Waals surface area contributed by atoms with Crippen molar-refractivity contribution in [1.82, 2.24) is 4.90 Å². The molecule has 2 saturated heterocycles. The van der Waals surface area contributed by atoms with E-state index < -0.39 is 17.7 Å². The molecule has 0 bridgehead atoms. The molecule has 1 N–H and O–H groups in total. The van der Waals surface area contributed by atoms with Crippen molar-refractivity contribution >= 4 is 5.91 Å². The zero-order chi connectivity index (χ0) is 16.4. The van der Waals surface area contributed by atoms with Crippen molar-refractivity contribution in [2.75, 3.05) is 19.8 Å². The highest BCUT2D eigenvalue weighted by Gasteiger charge is 2.39. The fourth-order valence-electron chi connectivity index (χ4n) is 3.59. The summed E-state index contributed by atoms with van der Waals surface area (Å²) in [7, 11) is 0. The molecule has 1 aromatic carbocycles. The molecular formula is C17H21F2NO3. The molecule has 0 saturated carbocycles. The van der Waals surface area contributed by atoms with Crippen LogP contribution in [0.2, 0.25) is 0 Å². The van der Waals surface area contributed by atoms with E-state index in [0.29, 0.717) is 31.7 Å². The lowest BCUT2D eigenvalue weighted by Gasteiger charge is -2.37. The first kappa shape index (κ1) is 16.3. The maximum absolute atomic E-state index is 13.3. The first-order valence-corrected chi connectivity index (χ1v) is 8.05. The van der Waals surface area contributed by atoms with Gasteiger partial charge in [0.1, 0.15) is 0 Å². The van der Waals surface area contributed by atoms with Crippen molar-refractivity contribution < 1.29 is 23.4 Å². The van der Waals surface area contributed by atoms with Gasteiger partial charge < -0.3 is 14.7 Å². The zero-order valence-electron chi connectivity index (χ0n) is 12.9. The van der Waals surface area contributed by atoms with Gasteiger partial charge in [-0.2, -0.15) is 0 Å². The van der Waals surface area contributed by atoms with Crippen LogP contribution < -0.4 is 0 Å². The van der Waals surface area contributed by atoms with Crippen LogP contribution in [-0.4, -0.2) is 47.8 Å². The van der Waals surface area contributed by atoms with Gasteiger partial charge in [0, 0.05) is 25.1 Å². The quantitative estimate of drug-likeness (QED) is 0.923. The number of likely N-dealkylation sites (tertiary alicyclic amines) is 1. The van der Waals surface area contributed by atoms with Crippen molar-refractivity contribution in [3.8, 4) is 0 Å². The Balaban J connectivity index is 1.69. The van der Waals surface area contributed by atoms with Gasteiger partial charge in [-0.3, -0.25) is 4.79 Å². The zero-order valence-corrected chi connectivity index (χ0v) is 12.9. The van der Waals surface area contributed by atoms with E-state index in [1.54, 1.807) is 4.90 Å². The maximum atomic E-state index is 13.3. The van der Waals surface area contributed by atoms with Crippen molar-refractivity contribution in [1.29, 1.82) is 0 Å². The summed E-state index contributed by atoms with van der Waals surface area (Å²) < 4.78 is 31.7. The van der Waals surface area contributed by atoms with Crippen molar-refractivity contribution in [3.63, 3.8) is 0 Å². The number of nitrogens with zero attached hydrogens (tertiary/aromatic N) is 1. The van der Waals surface area contributed by atoms with Gasteiger partial charge in [-0.25, -0.2) is 8.78 Å². The number of halogens is 2. The van der Waals surface area contributed by atoms with E-state index in [1.807, 2.05) is 0 Å². The van der Waals surface area contributed by atoms with Gasteiger partial charge >= 0.3 is 0 Å². The monoisotopic (exact) mass is 325 g/mol. The average Bonchev–Trinajstić information content (AvgIpc) is 3.01. The molecule has 3 rings (SSSR count). The molecule has 2 aliphatic heterocycles. The van der Waals surface area contributed by atoms with Gasteiger partial charge in [0.25, 0.3) is 0 Å². The second-order valence-electron chi connectivity index (χ2n) is 6.32. The Bertz CT molecular complexity index is 581. The summed E-state index contributed by atoms with van der Waals surface area (Å²) in [5, 5.41) is 10.2. The predicted octanol–water partition coefficient (Wildman–Crippen LogP) is 1.90. The number of benzene rings is 1. The summed E-state index contributed by atoms with van der Waals surface area (Å²) in [6.45, 7) is 1.64. The molecule has 0 aromatic heterocycles. The summed E-state index contributed by atoms with van der Waals surface area (Å²) >= 11 is 0. The molecule has 1 aromatic rings. The molecular weight excluding hydrogens is 304 g/mol. The molecule has 3 unspecified atom stereocenters. The van der Waals surface area contributed by atoms with E-state index in [-0.39, 0.29) is 24.3 Å². The van der Waals surface area contributed by atoms with E-state index >= 15 is 0 Å². The lowest BCUT2D eigenvalue weighted by Crippen LogP contribution is -2.48. The van der Waals surface area contributed by atoms with Crippen LogP contribution in [0.1, 0.15) is 24.8 Å². The van der Waals surface area contributed by atoms with E-state index in [9.17, 15) is 18.7 Å². The van der Waals surface area contributed by atoms with Gasteiger partial charge in [0.15, 0.2) is 11.6 Å². The van der Waals surface area contributed by atoms with Crippen LogP contribution >= 0.6 is 0 Å². The van der Waals surface area contributed by atoms with Gasteiger partial charge in [0.05, 0.1) is 19.1 Å². The number of aliphatic hydroxyl groups excluding tert-OH is 1. The predicted molar refractivity (Wildman–Crippen MR) is 79.7 cm³/mol. The third-order valence-electron chi connectivity index (χ3n) is 4.82. The number of carbonyl (C=O) groups is 1. The van der Waals surface area contributed by atoms with Crippen LogP contribution in [0.25, 0.3) is 0 Å². The van der Waals surface area contributed by atoms with Crippen LogP contribution in [0, 0.1) is 17.6 Å². The minimum Gasteiger partial charge on any atom is -0.393 e. The highest BCUT2D eigenvalue weighted by molar-refractivity contribution is 5.79. The van der Waals surface area contributed by atoms with E-state index in [2.05, 4.69) is 0 Å². The number of carbonyl (C=O) groups excluding carboxylic acids is 1. The number of rotatable bonds is 3. The summed E-state index contributed by atoms with van der Waals surface area (Å²) in [5.41, 5.74) is 0.458. The minimum atomic E-state index is -0.940. The molecule has 0 radical (unpaired) electrons. The van der Waals surface area contributed by atoms with Crippen LogP contribution in [0.4, 0.5) is 8.78 Å². The molecule has 2 aliphatic rings. The van der Waals surface area contributed by atoms with E-state index in [4.69, 9.17) is 4.74 Å². The molecule has 3 atom stereocenters. The standard InChI is InChI=1S/C17H21F2NO3/c18-13-4-3-11(8-14(13)19)9-17(22)20-6-1-2-15(20)12-10-23-7-5-16(12)21/h3-4,8,12,15-16,21H,1-2,5-7,9-10H2. The fourth-order valence-corrected chi connectivity index (χ4v) is 3.59. The molecule has 23 heavy (non-hydrogen) atoms. The van der Waals surface area contributed by atoms with E-state index in [1.165, 1.54) is 6.07 Å². The Morgan fingerprint density at radius 3 is 2.87 bits per heavy atom. The molecule has 4 nitrogen and oxygen atoms in total. The first-order valence-electron chi connectivity index (χ1n) is 8.05. The highest BCUT2D eigenvalue weighted by Crippen LogP contribution is 2.30. The van der Waals surface area contributed by atoms with Crippen LogP contribution in [0.3, 0.4) is 0 Å². The largest absolute Gasteiger partial charge is 0.393 e. The molecule has 6 heteroatoms. The van der Waals surface area contributed by atoms with Gasteiger partial charge in [-0.05, 0) is 37.0 Å². The number of aliphatic hydroxyl groups is 1. The lowest BCUT2D eigenvalue weighted by atomic mass is 9.89. The molecule has 1 amide bonds. The summed E-state index contributed by atoms with van der Waals surface area (Å²) in [5.74, 6) is -2.04. The summed E-state index contributed by atoms with van der Waals surface area (Å²) in [6, 6.07) is 3.50. The second kappa shape index (κ2) is 6.93. The first-order chi connectivity index (χ1) is 11.1. The van der Waals surface area contributed by atoms with Crippen molar-refractivity contribution in [3.05, 3.63) is 35.4 Å². The third kappa shape index (κ3) is 3.53. The molecule has 0 spiro atoms. The van der Waals surface area contributed by atoms with Crippen molar-refractivity contribution in [2.45, 2.75) is 37.8 Å². The second-order valence-corrected chi connectivity index (χ2v) is 6.32. The Morgan fingerprint density at radius 1 is 1.30 bits per heavy atom. The SMILES string of the molecule is O=C(Cc1ccc(F)c(F)c1)N1CCCC1C1COCCC1O. The Kier molecular flexibility index (Phi) is 4.92. The number of hydrogen-bond acceptors (Lipinski definition) is 3. The Labute approximate surface area is 134 Å². The Morgan fingerprint density at radius 2 is 2.13 bits per heavy atom. The molecule has 0 aliphatic carbocycles. The van der Waals surface area contributed by atoms with Crippen LogP contribution in [-0.2, 0) is 16.0 Å². The van der Waals surface area contributed by atoms with Gasteiger partial charge in [0.2, 0.25) is 5.91 Å². The minimum absolute atomic E-state index is 0.0388. The van der Waals surface area contributed by atoms with Crippen molar-refractivity contribution in [2.24, 2.45) is 5.92 Å². The van der Waals surface area contributed by atoms with Gasteiger partial charge in [-0.1, -0.05) is 6.07 Å². The smallest absolute Gasteiger partial charge is 0.227 e. The number of ether oxygens (including phenoxy) is 1.